The van der Waals surface area contributed by atoms with Gasteiger partial charge in [0.25, 0.3) is 5.91 Å². The quantitative estimate of drug-likeness (QED) is 0.337. The van der Waals surface area contributed by atoms with Gasteiger partial charge in [0, 0.05) is 16.1 Å². The molecule has 0 atom stereocenters. The second kappa shape index (κ2) is 8.13. The summed E-state index contributed by atoms with van der Waals surface area (Å²) in [5.41, 5.74) is 2.77. The molecule has 0 unspecified atom stereocenters. The van der Waals surface area contributed by atoms with E-state index in [1.807, 2.05) is 42.7 Å². The zero-order valence-electron chi connectivity index (χ0n) is 14.7. The number of carbonyl (C=O) groups excluding carboxylic acids is 1. The Bertz CT molecular complexity index is 1160. The van der Waals surface area contributed by atoms with Crippen molar-refractivity contribution in [3.8, 4) is 10.6 Å². The first-order valence-corrected chi connectivity index (χ1v) is 11.2. The van der Waals surface area contributed by atoms with Crippen LogP contribution in [0, 0.1) is 0 Å². The molecular formula is C21H14Cl2N2OS2. The minimum absolute atomic E-state index is 0.268. The summed E-state index contributed by atoms with van der Waals surface area (Å²) in [5, 5.41) is 4.71. The van der Waals surface area contributed by atoms with Gasteiger partial charge in [-0.2, -0.15) is 0 Å². The van der Waals surface area contributed by atoms with E-state index in [9.17, 15) is 4.79 Å². The summed E-state index contributed by atoms with van der Waals surface area (Å²) in [7, 11) is 0. The fourth-order valence-electron chi connectivity index (χ4n) is 2.76. The number of carbonyl (C=O) groups is 1. The summed E-state index contributed by atoms with van der Waals surface area (Å²) in [5.74, 6) is -0.268. The lowest BCUT2D eigenvalue weighted by molar-refractivity contribution is 0.102. The van der Waals surface area contributed by atoms with Crippen molar-refractivity contribution in [2.75, 3.05) is 11.6 Å². The van der Waals surface area contributed by atoms with Crippen molar-refractivity contribution in [2.45, 2.75) is 4.90 Å². The van der Waals surface area contributed by atoms with Crippen LogP contribution in [0.5, 0.6) is 0 Å². The number of nitrogens with one attached hydrogen (secondary N) is 1. The van der Waals surface area contributed by atoms with Gasteiger partial charge in [-0.3, -0.25) is 4.79 Å². The molecule has 0 radical (unpaired) electrons. The first kappa shape index (κ1) is 19.3. The Morgan fingerprint density at radius 3 is 2.61 bits per heavy atom. The number of thiazole rings is 1. The van der Waals surface area contributed by atoms with Gasteiger partial charge >= 0.3 is 0 Å². The number of amides is 1. The van der Waals surface area contributed by atoms with Crippen LogP contribution >= 0.6 is 46.3 Å². The van der Waals surface area contributed by atoms with Crippen LogP contribution in [0.1, 0.15) is 10.4 Å². The lowest BCUT2D eigenvalue weighted by Gasteiger charge is -2.09. The number of rotatable bonds is 4. The van der Waals surface area contributed by atoms with Crippen LogP contribution in [0.15, 0.2) is 65.6 Å². The third-order valence-electron chi connectivity index (χ3n) is 4.17. The predicted octanol–water partition coefficient (Wildman–Crippen LogP) is 7.24. The monoisotopic (exact) mass is 444 g/mol. The largest absolute Gasteiger partial charge is 0.322 e. The van der Waals surface area contributed by atoms with Gasteiger partial charge in [-0.25, -0.2) is 4.98 Å². The van der Waals surface area contributed by atoms with Crippen LogP contribution in [-0.4, -0.2) is 17.1 Å². The molecule has 4 rings (SSSR count). The second-order valence-corrected chi connectivity index (χ2v) is 8.71. The molecule has 1 aromatic heterocycles. The summed E-state index contributed by atoms with van der Waals surface area (Å²) in [6.07, 6.45) is 1.96. The molecule has 7 heteroatoms. The summed E-state index contributed by atoms with van der Waals surface area (Å²) in [6.45, 7) is 0. The highest BCUT2D eigenvalue weighted by Crippen LogP contribution is 2.36. The Balaban J connectivity index is 1.64. The third-order valence-corrected chi connectivity index (χ3v) is 6.61. The van der Waals surface area contributed by atoms with Crippen LogP contribution in [0.4, 0.5) is 5.69 Å². The maximum Gasteiger partial charge on any atom is 0.257 e. The predicted molar refractivity (Wildman–Crippen MR) is 121 cm³/mol. The van der Waals surface area contributed by atoms with Crippen molar-refractivity contribution >= 4 is 68.1 Å². The molecular weight excluding hydrogens is 431 g/mol. The summed E-state index contributed by atoms with van der Waals surface area (Å²) in [4.78, 5) is 18.3. The lowest BCUT2D eigenvalue weighted by atomic mass is 10.1. The number of nitrogens with zero attached hydrogens (tertiary/aromatic N) is 1. The van der Waals surface area contributed by atoms with Gasteiger partial charge in [0.15, 0.2) is 0 Å². The number of halogens is 2. The summed E-state index contributed by atoms with van der Waals surface area (Å²) < 4.78 is 1.09. The van der Waals surface area contributed by atoms with E-state index in [-0.39, 0.29) is 5.91 Å². The number of para-hydroxylation sites is 1. The number of fused-ring (bicyclic) bond motifs is 1. The number of benzene rings is 3. The van der Waals surface area contributed by atoms with Gasteiger partial charge in [-0.05, 0) is 54.8 Å². The van der Waals surface area contributed by atoms with Crippen LogP contribution in [0.3, 0.4) is 0 Å². The van der Waals surface area contributed by atoms with Crippen LogP contribution < -0.4 is 5.32 Å². The van der Waals surface area contributed by atoms with Crippen molar-refractivity contribution in [1.29, 1.82) is 0 Å². The number of hydrogen-bond donors (Lipinski definition) is 1. The van der Waals surface area contributed by atoms with Gasteiger partial charge in [0.1, 0.15) is 5.01 Å². The third kappa shape index (κ3) is 3.89. The normalized spacial score (nSPS) is 11.0. The average molecular weight is 445 g/mol. The highest BCUT2D eigenvalue weighted by Gasteiger charge is 2.14. The van der Waals surface area contributed by atoms with Gasteiger partial charge in [-0.1, -0.05) is 35.3 Å². The van der Waals surface area contributed by atoms with Crippen molar-refractivity contribution in [3.63, 3.8) is 0 Å². The van der Waals surface area contributed by atoms with Gasteiger partial charge < -0.3 is 5.32 Å². The van der Waals surface area contributed by atoms with E-state index in [0.29, 0.717) is 21.3 Å². The van der Waals surface area contributed by atoms with Gasteiger partial charge in [-0.15, -0.1) is 23.1 Å². The maximum absolute atomic E-state index is 12.7. The molecule has 0 bridgehead atoms. The van der Waals surface area contributed by atoms with E-state index in [4.69, 9.17) is 23.2 Å². The molecule has 0 fully saturated rings. The van der Waals surface area contributed by atoms with E-state index in [1.165, 1.54) is 0 Å². The van der Waals surface area contributed by atoms with Crippen molar-refractivity contribution in [3.05, 3.63) is 76.3 Å². The molecule has 4 aromatic rings. The zero-order valence-corrected chi connectivity index (χ0v) is 17.8. The van der Waals surface area contributed by atoms with Gasteiger partial charge in [0.2, 0.25) is 0 Å². The molecule has 0 aliphatic heterocycles. The molecule has 1 N–H and O–H groups in total. The topological polar surface area (TPSA) is 42.0 Å². The van der Waals surface area contributed by atoms with Crippen LogP contribution in [-0.2, 0) is 0 Å². The molecule has 0 aliphatic carbocycles. The molecule has 140 valence electrons. The van der Waals surface area contributed by atoms with Crippen molar-refractivity contribution < 1.29 is 4.79 Å². The molecule has 0 saturated heterocycles. The molecule has 0 saturated carbocycles. The maximum atomic E-state index is 12.7. The lowest BCUT2D eigenvalue weighted by Crippen LogP contribution is -2.12. The number of anilines is 1. The van der Waals surface area contributed by atoms with E-state index in [0.717, 1.165) is 25.7 Å². The first-order valence-electron chi connectivity index (χ1n) is 8.35. The average Bonchev–Trinajstić information content (AvgIpc) is 3.13. The number of hydrogen-bond acceptors (Lipinski definition) is 4. The van der Waals surface area contributed by atoms with Crippen molar-refractivity contribution in [2.24, 2.45) is 0 Å². The molecule has 28 heavy (non-hydrogen) atoms. The Hall–Kier alpha value is -2.05. The highest BCUT2D eigenvalue weighted by molar-refractivity contribution is 7.98. The number of thioether (sulfide) groups is 1. The Morgan fingerprint density at radius 2 is 1.86 bits per heavy atom. The Labute approximate surface area is 180 Å². The zero-order chi connectivity index (χ0) is 19.7. The van der Waals surface area contributed by atoms with E-state index in [1.54, 1.807) is 47.4 Å². The Morgan fingerprint density at radius 1 is 1.04 bits per heavy atom. The summed E-state index contributed by atoms with van der Waals surface area (Å²) >= 11 is 15.8. The van der Waals surface area contributed by atoms with E-state index in [2.05, 4.69) is 10.3 Å². The SMILES string of the molecule is CSc1ccc(C(=O)Nc2ccc(Cl)c(-c3nc4ccccc4s3)c2)c(Cl)c1. The highest BCUT2D eigenvalue weighted by atomic mass is 35.5. The molecule has 0 spiro atoms. The van der Waals surface area contributed by atoms with Crippen molar-refractivity contribution in [1.82, 2.24) is 4.98 Å². The minimum atomic E-state index is -0.268. The van der Waals surface area contributed by atoms with Crippen LogP contribution in [0.25, 0.3) is 20.8 Å². The standard InChI is InChI=1S/C21H14Cl2N2OS2/c1-27-13-7-8-14(17(23)11-13)20(26)24-12-6-9-16(22)15(10-12)21-25-18-4-2-3-5-19(18)28-21/h2-11H,1H3,(H,24,26). The number of aromatic nitrogens is 1. The second-order valence-electron chi connectivity index (χ2n) is 5.98. The smallest absolute Gasteiger partial charge is 0.257 e. The molecule has 1 heterocycles. The molecule has 1 amide bonds. The molecule has 0 aliphatic rings. The fourth-order valence-corrected chi connectivity index (χ4v) is 4.79. The Kier molecular flexibility index (Phi) is 5.60. The summed E-state index contributed by atoms with van der Waals surface area (Å²) in [6, 6.07) is 18.7. The van der Waals surface area contributed by atoms with E-state index < -0.39 is 0 Å². The van der Waals surface area contributed by atoms with E-state index >= 15 is 0 Å². The van der Waals surface area contributed by atoms with Crippen LogP contribution in [0.2, 0.25) is 10.0 Å². The van der Waals surface area contributed by atoms with Gasteiger partial charge in [0.05, 0.1) is 25.8 Å². The first-order chi connectivity index (χ1) is 13.5. The molecule has 3 nitrogen and oxygen atoms in total. The molecule has 3 aromatic carbocycles. The minimum Gasteiger partial charge on any atom is -0.322 e. The fraction of sp³-hybridized carbons (Fsp3) is 0.0476.